The van der Waals surface area contributed by atoms with E-state index in [9.17, 15) is 21.6 Å². The maximum Gasteiger partial charge on any atom is 0.416 e. The maximum absolute atomic E-state index is 12.5. The van der Waals surface area contributed by atoms with E-state index in [0.717, 1.165) is 18.2 Å². The summed E-state index contributed by atoms with van der Waals surface area (Å²) in [4.78, 5) is -0.456. The van der Waals surface area contributed by atoms with Gasteiger partial charge in [0, 0.05) is 0 Å². The van der Waals surface area contributed by atoms with Crippen molar-refractivity contribution in [3.63, 3.8) is 0 Å². The average Bonchev–Trinajstić information content (AvgIpc) is 3.08. The Morgan fingerprint density at radius 2 is 1.95 bits per heavy atom. The quantitative estimate of drug-likeness (QED) is 0.885. The zero-order chi connectivity index (χ0) is 14.3. The lowest BCUT2D eigenvalue weighted by Gasteiger charge is -2.15. The highest BCUT2D eigenvalue weighted by Gasteiger charge is 2.45. The van der Waals surface area contributed by atoms with Crippen molar-refractivity contribution in [3.05, 3.63) is 29.8 Å². The van der Waals surface area contributed by atoms with Gasteiger partial charge in [-0.05, 0) is 31.0 Å². The normalized spacial score (nSPS) is 18.3. The van der Waals surface area contributed by atoms with Gasteiger partial charge in [-0.3, -0.25) is 0 Å². The maximum atomic E-state index is 12.5. The van der Waals surface area contributed by atoms with E-state index in [2.05, 4.69) is 4.72 Å². The summed E-state index contributed by atoms with van der Waals surface area (Å²) in [6.07, 6.45) is -3.65. The van der Waals surface area contributed by atoms with E-state index in [0.29, 0.717) is 18.9 Å². The highest BCUT2D eigenvalue weighted by molar-refractivity contribution is 7.89. The lowest BCUT2D eigenvalue weighted by molar-refractivity contribution is -0.137. The molecule has 0 radical (unpaired) electrons. The first kappa shape index (κ1) is 14.3. The lowest BCUT2D eigenvalue weighted by Crippen LogP contribution is -2.39. The van der Waals surface area contributed by atoms with E-state index < -0.39 is 32.2 Å². The zero-order valence-electron chi connectivity index (χ0n) is 9.74. The second kappa shape index (κ2) is 4.46. The molecule has 1 aromatic rings. The van der Waals surface area contributed by atoms with Crippen molar-refractivity contribution in [2.75, 3.05) is 6.61 Å². The summed E-state index contributed by atoms with van der Waals surface area (Å²) in [6, 6.07) is 3.51. The molecule has 0 spiro atoms. The molecule has 1 saturated carbocycles. The predicted molar refractivity (Wildman–Crippen MR) is 60.8 cm³/mol. The van der Waals surface area contributed by atoms with Gasteiger partial charge >= 0.3 is 6.18 Å². The van der Waals surface area contributed by atoms with Crippen molar-refractivity contribution in [2.45, 2.75) is 29.5 Å². The largest absolute Gasteiger partial charge is 0.416 e. The Balaban J connectivity index is 2.31. The fraction of sp³-hybridized carbons (Fsp3) is 0.455. The number of aliphatic hydroxyl groups is 1. The molecule has 4 nitrogen and oxygen atoms in total. The van der Waals surface area contributed by atoms with Gasteiger partial charge in [0.1, 0.15) is 0 Å². The smallest absolute Gasteiger partial charge is 0.394 e. The van der Waals surface area contributed by atoms with Crippen LogP contribution < -0.4 is 4.72 Å². The van der Waals surface area contributed by atoms with Crippen molar-refractivity contribution < 1.29 is 26.7 Å². The first-order valence-electron chi connectivity index (χ1n) is 5.51. The number of alkyl halides is 3. The van der Waals surface area contributed by atoms with Crippen LogP contribution in [0.4, 0.5) is 13.2 Å². The first-order chi connectivity index (χ1) is 8.69. The monoisotopic (exact) mass is 295 g/mol. The molecule has 0 unspecified atom stereocenters. The molecule has 0 bridgehead atoms. The van der Waals surface area contributed by atoms with Crippen LogP contribution in [0.25, 0.3) is 0 Å². The molecule has 0 amide bonds. The average molecular weight is 295 g/mol. The molecule has 1 fully saturated rings. The van der Waals surface area contributed by atoms with E-state index in [-0.39, 0.29) is 6.61 Å². The molecule has 19 heavy (non-hydrogen) atoms. The van der Waals surface area contributed by atoms with E-state index in [4.69, 9.17) is 5.11 Å². The second-order valence-electron chi connectivity index (χ2n) is 4.57. The number of sulfonamides is 1. The van der Waals surface area contributed by atoms with Crippen molar-refractivity contribution in [1.29, 1.82) is 0 Å². The minimum Gasteiger partial charge on any atom is -0.394 e. The molecular weight excluding hydrogens is 283 g/mol. The summed E-state index contributed by atoms with van der Waals surface area (Å²) in [5.74, 6) is 0. The number of hydrogen-bond donors (Lipinski definition) is 2. The third-order valence-electron chi connectivity index (χ3n) is 2.98. The lowest BCUT2D eigenvalue weighted by atomic mass is 10.2. The van der Waals surface area contributed by atoms with Gasteiger partial charge < -0.3 is 5.11 Å². The van der Waals surface area contributed by atoms with Crippen molar-refractivity contribution in [1.82, 2.24) is 4.72 Å². The standard InChI is InChI=1S/C11H12F3NO3S/c12-11(13,14)8-2-1-3-9(6-8)19(17,18)15-10(7-16)4-5-10/h1-3,6,15-16H,4-5,7H2. The van der Waals surface area contributed by atoms with Crippen LogP contribution in [0.5, 0.6) is 0 Å². The number of hydrogen-bond acceptors (Lipinski definition) is 3. The summed E-state index contributed by atoms with van der Waals surface area (Å²) in [6.45, 7) is -0.370. The van der Waals surface area contributed by atoms with Crippen molar-refractivity contribution in [2.24, 2.45) is 0 Å². The fourth-order valence-corrected chi connectivity index (χ4v) is 3.12. The van der Waals surface area contributed by atoms with Crippen LogP contribution in [0, 0.1) is 0 Å². The van der Waals surface area contributed by atoms with E-state index in [1.807, 2.05) is 0 Å². The summed E-state index contributed by atoms with van der Waals surface area (Å²) >= 11 is 0. The van der Waals surface area contributed by atoms with Gasteiger partial charge in [-0.25, -0.2) is 13.1 Å². The highest BCUT2D eigenvalue weighted by Crippen LogP contribution is 2.37. The molecule has 0 atom stereocenters. The molecule has 1 aliphatic rings. The van der Waals surface area contributed by atoms with Crippen LogP contribution in [0.2, 0.25) is 0 Å². The Bertz CT molecular complexity index is 579. The molecular formula is C11H12F3NO3S. The zero-order valence-corrected chi connectivity index (χ0v) is 10.6. The van der Waals surface area contributed by atoms with Crippen LogP contribution in [0.15, 0.2) is 29.2 Å². The van der Waals surface area contributed by atoms with Crippen LogP contribution in [-0.2, 0) is 16.2 Å². The number of aliphatic hydroxyl groups excluding tert-OH is 1. The van der Waals surface area contributed by atoms with Crippen LogP contribution in [0.1, 0.15) is 18.4 Å². The molecule has 0 aliphatic heterocycles. The number of halogens is 3. The van der Waals surface area contributed by atoms with E-state index in [1.54, 1.807) is 0 Å². The second-order valence-corrected chi connectivity index (χ2v) is 6.25. The SMILES string of the molecule is O=S(=O)(NC1(CO)CC1)c1cccc(C(F)(F)F)c1. The molecule has 106 valence electrons. The summed E-state index contributed by atoms with van der Waals surface area (Å²) in [5, 5.41) is 9.04. The fourth-order valence-electron chi connectivity index (χ4n) is 1.63. The first-order valence-corrected chi connectivity index (χ1v) is 6.99. The van der Waals surface area contributed by atoms with Gasteiger partial charge in [-0.2, -0.15) is 13.2 Å². The number of benzene rings is 1. The molecule has 2 N–H and O–H groups in total. The highest BCUT2D eigenvalue weighted by atomic mass is 32.2. The van der Waals surface area contributed by atoms with Crippen molar-refractivity contribution >= 4 is 10.0 Å². The Morgan fingerprint density at radius 1 is 1.32 bits per heavy atom. The van der Waals surface area contributed by atoms with Gasteiger partial charge in [-0.1, -0.05) is 6.07 Å². The Morgan fingerprint density at radius 3 is 2.42 bits per heavy atom. The van der Waals surface area contributed by atoms with Gasteiger partial charge in [0.2, 0.25) is 10.0 Å². The third kappa shape index (κ3) is 3.07. The summed E-state index contributed by atoms with van der Waals surface area (Å²) in [7, 11) is -4.06. The summed E-state index contributed by atoms with van der Waals surface area (Å²) < 4.78 is 63.7. The number of rotatable bonds is 4. The van der Waals surface area contributed by atoms with E-state index in [1.165, 1.54) is 0 Å². The predicted octanol–water partition coefficient (Wildman–Crippen LogP) is 1.51. The molecule has 0 aromatic heterocycles. The van der Waals surface area contributed by atoms with Gasteiger partial charge in [0.25, 0.3) is 0 Å². The Hall–Kier alpha value is -1.12. The van der Waals surface area contributed by atoms with Crippen LogP contribution >= 0.6 is 0 Å². The summed E-state index contributed by atoms with van der Waals surface area (Å²) in [5.41, 5.74) is -1.93. The minimum absolute atomic E-state index is 0.370. The minimum atomic E-state index is -4.60. The Labute approximate surface area is 108 Å². The number of nitrogens with one attached hydrogen (secondary N) is 1. The third-order valence-corrected chi connectivity index (χ3v) is 4.56. The van der Waals surface area contributed by atoms with Crippen molar-refractivity contribution in [3.8, 4) is 0 Å². The molecule has 2 rings (SSSR count). The molecule has 0 saturated heterocycles. The van der Waals surface area contributed by atoms with Gasteiger partial charge in [0.15, 0.2) is 0 Å². The van der Waals surface area contributed by atoms with Gasteiger partial charge in [0.05, 0.1) is 22.6 Å². The van der Waals surface area contributed by atoms with E-state index >= 15 is 0 Å². The van der Waals surface area contributed by atoms with Crippen LogP contribution in [-0.4, -0.2) is 25.7 Å². The molecule has 8 heteroatoms. The topological polar surface area (TPSA) is 66.4 Å². The van der Waals surface area contributed by atoms with Crippen LogP contribution in [0.3, 0.4) is 0 Å². The molecule has 1 aromatic carbocycles. The molecule has 0 heterocycles. The molecule has 1 aliphatic carbocycles. The Kier molecular flexibility index (Phi) is 3.36. The van der Waals surface area contributed by atoms with Gasteiger partial charge in [-0.15, -0.1) is 0 Å².